The van der Waals surface area contributed by atoms with Gasteiger partial charge in [0.2, 0.25) is 5.82 Å². The van der Waals surface area contributed by atoms with Gasteiger partial charge in [-0.25, -0.2) is 0 Å². The molecule has 120 valence electrons. The summed E-state index contributed by atoms with van der Waals surface area (Å²) in [6.07, 6.45) is 6.28. The van der Waals surface area contributed by atoms with Gasteiger partial charge in [0.1, 0.15) is 0 Å². The molecule has 0 radical (unpaired) electrons. The number of allylic oxidation sites excluding steroid dienone is 1. The van der Waals surface area contributed by atoms with Gasteiger partial charge in [-0.3, -0.25) is 9.78 Å². The molecule has 0 aliphatic heterocycles. The van der Waals surface area contributed by atoms with Crippen LogP contribution in [0.25, 0.3) is 17.5 Å². The number of nitrogens with zero attached hydrogens (tertiary/aromatic N) is 4. The van der Waals surface area contributed by atoms with Crippen molar-refractivity contribution in [3.8, 4) is 11.4 Å². The molecular weight excluding hydrogens is 318 g/mol. The van der Waals surface area contributed by atoms with Crippen LogP contribution in [0.15, 0.2) is 16.8 Å². The molecule has 7 nitrogen and oxygen atoms in total. The van der Waals surface area contributed by atoms with Crippen molar-refractivity contribution in [1.29, 1.82) is 0 Å². The number of nitrogens with one attached hydrogen (secondary N) is 1. The maximum atomic E-state index is 12.0. The predicted molar refractivity (Wildman–Crippen MR) is 86.2 cm³/mol. The number of fused-ring (bicyclic) bond motifs is 1. The number of carbonyl (C=O) groups is 1. The smallest absolute Gasteiger partial charge is 0.316 e. The van der Waals surface area contributed by atoms with Gasteiger partial charge in [-0.2, -0.15) is 4.98 Å². The van der Waals surface area contributed by atoms with Crippen molar-refractivity contribution in [2.75, 3.05) is 27.2 Å². The zero-order chi connectivity index (χ0) is 16.4. The summed E-state index contributed by atoms with van der Waals surface area (Å²) in [5.41, 5.74) is 2.34. The lowest BCUT2D eigenvalue weighted by Gasteiger charge is -2.08. The van der Waals surface area contributed by atoms with E-state index in [1.54, 1.807) is 6.20 Å². The summed E-state index contributed by atoms with van der Waals surface area (Å²) in [5, 5.41) is 7.06. The van der Waals surface area contributed by atoms with Crippen LogP contribution in [0.4, 0.5) is 0 Å². The summed E-state index contributed by atoms with van der Waals surface area (Å²) in [6.45, 7) is 1.22. The number of aromatic nitrogens is 3. The zero-order valence-electron chi connectivity index (χ0n) is 12.8. The van der Waals surface area contributed by atoms with E-state index in [2.05, 4.69) is 20.4 Å². The molecule has 0 fully saturated rings. The fraction of sp³-hybridized carbons (Fsp3) is 0.333. The van der Waals surface area contributed by atoms with Crippen molar-refractivity contribution >= 4 is 23.6 Å². The number of carbonyl (C=O) groups excluding carboxylic acids is 1. The van der Waals surface area contributed by atoms with Crippen LogP contribution in [-0.4, -0.2) is 53.1 Å². The molecule has 0 atom stereocenters. The summed E-state index contributed by atoms with van der Waals surface area (Å²) < 4.78 is 5.02. The van der Waals surface area contributed by atoms with Crippen LogP contribution in [0.5, 0.6) is 0 Å². The van der Waals surface area contributed by atoms with Crippen molar-refractivity contribution in [2.24, 2.45) is 0 Å². The molecule has 1 amide bonds. The SMILES string of the molecule is CN(C)CCNC(=O)c1nc(-c2cnc3c(c2Cl)C=CC3)no1. The molecule has 2 heterocycles. The van der Waals surface area contributed by atoms with Gasteiger partial charge in [0.15, 0.2) is 0 Å². The van der Waals surface area contributed by atoms with Crippen molar-refractivity contribution in [3.63, 3.8) is 0 Å². The second-order valence-corrected chi connectivity index (χ2v) is 5.81. The highest BCUT2D eigenvalue weighted by Crippen LogP contribution is 2.33. The van der Waals surface area contributed by atoms with E-state index in [1.165, 1.54) is 0 Å². The molecule has 2 aromatic heterocycles. The standard InChI is InChI=1S/C15H16ClN5O2/c1-21(2)7-6-17-14(22)15-19-13(20-23-15)10-8-18-11-5-3-4-9(11)12(10)16/h3-4,8H,5-7H2,1-2H3,(H,17,22). The third kappa shape index (κ3) is 3.25. The molecule has 8 heteroatoms. The van der Waals surface area contributed by atoms with E-state index < -0.39 is 5.91 Å². The molecule has 2 aromatic rings. The van der Waals surface area contributed by atoms with Crippen LogP contribution in [0.1, 0.15) is 21.9 Å². The first-order valence-electron chi connectivity index (χ1n) is 7.17. The Bertz CT molecular complexity index is 769. The van der Waals surface area contributed by atoms with Crippen LogP contribution in [0.3, 0.4) is 0 Å². The van der Waals surface area contributed by atoms with Crippen molar-refractivity contribution < 1.29 is 9.32 Å². The molecule has 0 spiro atoms. The number of pyridine rings is 1. The van der Waals surface area contributed by atoms with E-state index in [4.69, 9.17) is 16.1 Å². The highest BCUT2D eigenvalue weighted by Gasteiger charge is 2.21. The van der Waals surface area contributed by atoms with Gasteiger partial charge in [0, 0.05) is 31.3 Å². The fourth-order valence-electron chi connectivity index (χ4n) is 2.21. The van der Waals surface area contributed by atoms with E-state index in [0.717, 1.165) is 24.2 Å². The monoisotopic (exact) mass is 333 g/mol. The number of amides is 1. The molecule has 0 unspecified atom stereocenters. The molecule has 0 saturated carbocycles. The maximum Gasteiger partial charge on any atom is 0.316 e. The molecule has 1 N–H and O–H groups in total. The molecule has 3 rings (SSSR count). The molecular formula is C15H16ClN5O2. The first-order chi connectivity index (χ1) is 11.1. The van der Waals surface area contributed by atoms with Crippen molar-refractivity contribution in [1.82, 2.24) is 25.3 Å². The van der Waals surface area contributed by atoms with Gasteiger partial charge in [-0.1, -0.05) is 28.9 Å². The molecule has 1 aliphatic carbocycles. The van der Waals surface area contributed by atoms with Gasteiger partial charge in [-0.15, -0.1) is 0 Å². The minimum absolute atomic E-state index is 0.0918. The van der Waals surface area contributed by atoms with Gasteiger partial charge < -0.3 is 14.7 Å². The normalized spacial score (nSPS) is 12.7. The highest BCUT2D eigenvalue weighted by atomic mass is 35.5. The Morgan fingerprint density at radius 2 is 2.30 bits per heavy atom. The minimum Gasteiger partial charge on any atom is -0.347 e. The second kappa shape index (κ2) is 6.47. The van der Waals surface area contributed by atoms with E-state index in [0.29, 0.717) is 17.1 Å². The Balaban J connectivity index is 1.77. The average molecular weight is 334 g/mol. The van der Waals surface area contributed by atoms with Crippen LogP contribution in [-0.2, 0) is 6.42 Å². The molecule has 0 aromatic carbocycles. The van der Waals surface area contributed by atoms with Crippen LogP contribution < -0.4 is 5.32 Å². The van der Waals surface area contributed by atoms with Gasteiger partial charge in [-0.05, 0) is 14.1 Å². The quantitative estimate of drug-likeness (QED) is 0.895. The number of hydrogen-bond acceptors (Lipinski definition) is 6. The third-order valence-electron chi connectivity index (χ3n) is 3.43. The summed E-state index contributed by atoms with van der Waals surface area (Å²) in [6, 6.07) is 0. The fourth-order valence-corrected chi connectivity index (χ4v) is 2.52. The third-order valence-corrected chi connectivity index (χ3v) is 3.84. The summed E-state index contributed by atoms with van der Waals surface area (Å²) in [5.74, 6) is -0.245. The minimum atomic E-state index is -0.407. The highest BCUT2D eigenvalue weighted by molar-refractivity contribution is 6.34. The maximum absolute atomic E-state index is 12.0. The summed E-state index contributed by atoms with van der Waals surface area (Å²) >= 11 is 6.38. The van der Waals surface area contributed by atoms with Crippen LogP contribution in [0.2, 0.25) is 5.02 Å². The molecule has 0 saturated heterocycles. The average Bonchev–Trinajstić information content (AvgIpc) is 3.16. The number of rotatable bonds is 5. The van der Waals surface area contributed by atoms with Crippen molar-refractivity contribution in [2.45, 2.75) is 6.42 Å². The largest absolute Gasteiger partial charge is 0.347 e. The van der Waals surface area contributed by atoms with E-state index in [1.807, 2.05) is 31.1 Å². The Morgan fingerprint density at radius 1 is 1.48 bits per heavy atom. The molecule has 1 aliphatic rings. The number of hydrogen-bond donors (Lipinski definition) is 1. The van der Waals surface area contributed by atoms with Crippen LogP contribution >= 0.6 is 11.6 Å². The lowest BCUT2D eigenvalue weighted by Crippen LogP contribution is -2.31. The molecule has 23 heavy (non-hydrogen) atoms. The van der Waals surface area contributed by atoms with Gasteiger partial charge >= 0.3 is 11.8 Å². The summed E-state index contributed by atoms with van der Waals surface area (Å²) in [4.78, 5) is 22.4. The van der Waals surface area contributed by atoms with Gasteiger partial charge in [0.05, 0.1) is 16.3 Å². The Hall–Kier alpha value is -2.25. The van der Waals surface area contributed by atoms with Crippen LogP contribution in [0, 0.1) is 0 Å². The van der Waals surface area contributed by atoms with Crippen molar-refractivity contribution in [3.05, 3.63) is 34.4 Å². The Labute approximate surface area is 138 Å². The second-order valence-electron chi connectivity index (χ2n) is 5.44. The zero-order valence-corrected chi connectivity index (χ0v) is 13.6. The number of halogens is 1. The van der Waals surface area contributed by atoms with Gasteiger partial charge in [0.25, 0.3) is 0 Å². The Kier molecular flexibility index (Phi) is 4.40. The topological polar surface area (TPSA) is 84.2 Å². The van der Waals surface area contributed by atoms with E-state index in [-0.39, 0.29) is 11.7 Å². The first kappa shape index (κ1) is 15.6. The predicted octanol–water partition coefficient (Wildman–Crippen LogP) is 1.65. The first-order valence-corrected chi connectivity index (χ1v) is 7.55. The lowest BCUT2D eigenvalue weighted by atomic mass is 10.1. The summed E-state index contributed by atoms with van der Waals surface area (Å²) in [7, 11) is 3.85. The van der Waals surface area contributed by atoms with E-state index >= 15 is 0 Å². The number of likely N-dealkylation sites (N-methyl/N-ethyl adjacent to an activating group) is 1. The van der Waals surface area contributed by atoms with E-state index in [9.17, 15) is 4.79 Å². The Morgan fingerprint density at radius 3 is 3.09 bits per heavy atom. The molecule has 0 bridgehead atoms. The lowest BCUT2D eigenvalue weighted by molar-refractivity contribution is 0.0907.